The van der Waals surface area contributed by atoms with Crippen molar-refractivity contribution in [2.45, 2.75) is 160 Å². The second kappa shape index (κ2) is 29.5. The summed E-state index contributed by atoms with van der Waals surface area (Å²) in [4.78, 5) is 55.9. The molecule has 4 unspecified atom stereocenters. The summed E-state index contributed by atoms with van der Waals surface area (Å²) in [5, 5.41) is 37.8. The molecule has 57 heavy (non-hydrogen) atoms. The smallest absolute Gasteiger partial charge is 0.635 e. The van der Waals surface area contributed by atoms with E-state index in [0.29, 0.717) is 44.3 Å². The average molecular weight is 876 g/mol. The average Bonchev–Trinajstić information content (AvgIpc) is 3.63. The van der Waals surface area contributed by atoms with Crippen LogP contribution in [0.15, 0.2) is 29.3 Å². The first kappa shape index (κ1) is 50.5. The van der Waals surface area contributed by atoms with E-state index in [0.717, 1.165) is 35.8 Å². The van der Waals surface area contributed by atoms with Gasteiger partial charge in [-0.15, -0.1) is 5.92 Å². The van der Waals surface area contributed by atoms with Gasteiger partial charge < -0.3 is 25.2 Å². The minimum absolute atomic E-state index is 0. The maximum atomic E-state index is 13.3. The molecule has 3 rings (SSSR count). The van der Waals surface area contributed by atoms with Crippen LogP contribution in [0.1, 0.15) is 148 Å². The number of aromatic hydroxyl groups is 1. The van der Waals surface area contributed by atoms with Gasteiger partial charge in [-0.3, -0.25) is 29.6 Å². The van der Waals surface area contributed by atoms with Crippen LogP contribution in [0.3, 0.4) is 0 Å². The van der Waals surface area contributed by atoms with Crippen molar-refractivity contribution in [3.05, 3.63) is 36.4 Å². The molecular weight excluding hydrogens is 807 g/mol. The van der Waals surface area contributed by atoms with Crippen molar-refractivity contribution in [3.63, 3.8) is 0 Å². The maximum Gasteiger partial charge on any atom is 3.00 e. The number of hydrogen-bond acceptors (Lipinski definition) is 11. The zero-order chi connectivity index (χ0) is 40.5. The molecule has 0 aromatic heterocycles. The SMILES string of the molecule is CCCCCCCCCCCCCCCC(=O)N(O)CCCCC(NC(=O)C1COC(c2ccccc2O)=N1)C(=O)O[CH-]C(C)CNC1CCCCN(O)C1=O.[Y+3]. The molecule has 4 atom stereocenters. The van der Waals surface area contributed by atoms with Gasteiger partial charge in [-0.1, -0.05) is 103 Å². The number of hydroxylamine groups is 4. The number of aliphatic imine (C=N–C) groups is 1. The first-order chi connectivity index (χ1) is 27.1. The number of nitrogens with zero attached hydrogens (tertiary/aromatic N) is 3. The summed E-state index contributed by atoms with van der Waals surface area (Å²) in [7, 11) is 0. The number of carbonyl (C=O) groups is 4. The molecular formula is C42H68N5O9Y+2. The number of amides is 3. The Bertz CT molecular complexity index is 1370. The number of hydrogen-bond donors (Lipinski definition) is 5. The summed E-state index contributed by atoms with van der Waals surface area (Å²) in [5.41, 5.74) is 0.352. The monoisotopic (exact) mass is 875 g/mol. The Morgan fingerprint density at radius 1 is 0.982 bits per heavy atom. The Morgan fingerprint density at radius 2 is 1.63 bits per heavy atom. The molecule has 316 valence electrons. The summed E-state index contributed by atoms with van der Waals surface area (Å²) in [6.07, 6.45) is 19.1. The quantitative estimate of drug-likeness (QED) is 0.0202. The van der Waals surface area contributed by atoms with Crippen molar-refractivity contribution in [1.29, 1.82) is 0 Å². The van der Waals surface area contributed by atoms with Crippen molar-refractivity contribution in [2.24, 2.45) is 10.9 Å². The number of esters is 1. The summed E-state index contributed by atoms with van der Waals surface area (Å²) in [6.45, 7) is 6.03. The molecule has 1 fully saturated rings. The minimum Gasteiger partial charge on any atom is -0.635 e. The van der Waals surface area contributed by atoms with Gasteiger partial charge in [0.25, 0.3) is 11.9 Å². The number of benzene rings is 1. The first-order valence-corrected chi connectivity index (χ1v) is 21.2. The van der Waals surface area contributed by atoms with Crippen molar-refractivity contribution in [3.8, 4) is 5.75 Å². The minimum atomic E-state index is -1.05. The van der Waals surface area contributed by atoms with Gasteiger partial charge in [0.1, 0.15) is 18.4 Å². The number of para-hydroxylation sites is 1. The van der Waals surface area contributed by atoms with Crippen LogP contribution in [-0.4, -0.2) is 99.6 Å². The number of carbonyl (C=O) groups excluding carboxylic acids is 4. The predicted molar refractivity (Wildman–Crippen MR) is 213 cm³/mol. The van der Waals surface area contributed by atoms with Crippen LogP contribution in [0.5, 0.6) is 5.75 Å². The molecule has 0 spiro atoms. The molecule has 1 saturated heterocycles. The van der Waals surface area contributed by atoms with E-state index in [2.05, 4.69) is 22.5 Å². The Balaban J connectivity index is 0.0000112. The van der Waals surface area contributed by atoms with Gasteiger partial charge in [-0.25, -0.2) is 15.1 Å². The zero-order valence-corrected chi connectivity index (χ0v) is 37.2. The van der Waals surface area contributed by atoms with E-state index in [1.54, 1.807) is 18.2 Å². The van der Waals surface area contributed by atoms with E-state index in [1.807, 2.05) is 6.92 Å². The Kier molecular flexibility index (Phi) is 26.2. The van der Waals surface area contributed by atoms with E-state index in [1.165, 1.54) is 76.9 Å². The second-order valence-electron chi connectivity index (χ2n) is 15.3. The fourth-order valence-electron chi connectivity index (χ4n) is 6.84. The first-order valence-electron chi connectivity index (χ1n) is 21.2. The molecule has 0 radical (unpaired) electrons. The number of phenols is 1. The van der Waals surface area contributed by atoms with Crippen molar-refractivity contribution < 1.29 is 76.9 Å². The largest absolute Gasteiger partial charge is 3.00 e. The van der Waals surface area contributed by atoms with E-state index in [9.17, 15) is 34.7 Å². The number of nitrogens with one attached hydrogen (secondary N) is 2. The standard InChI is InChI=1S/C42H68N5O9.Y/c1-3-4-5-6-7-8-9-10-11-12-13-14-15-26-38(49)46(53)27-20-19-24-35(44-39(50)36-31-55-40(45-36)33-22-16-17-25-37(33)48)42(52)56-30-32(2)29-43-34-23-18-21-28-47(54)41(34)51;/h16-17,22,25,30,32,34-36,43,48,53-54H,3-15,18-21,23-24,26-29,31H2,1-2H3,(H,44,50);/q-1;+3. The molecule has 2 heterocycles. The van der Waals surface area contributed by atoms with E-state index < -0.39 is 30.0 Å². The third-order valence-electron chi connectivity index (χ3n) is 10.4. The molecule has 0 bridgehead atoms. The van der Waals surface area contributed by atoms with Gasteiger partial charge in [-0.2, -0.15) is 6.61 Å². The number of unbranched alkanes of at least 4 members (excludes halogenated alkanes) is 13. The van der Waals surface area contributed by atoms with Crippen molar-refractivity contribution in [1.82, 2.24) is 20.8 Å². The summed E-state index contributed by atoms with van der Waals surface area (Å²) < 4.78 is 11.1. The maximum absolute atomic E-state index is 13.3. The number of phenolic OH excluding ortho intramolecular Hbond substituents is 1. The zero-order valence-electron chi connectivity index (χ0n) is 34.4. The molecule has 0 aliphatic carbocycles. The Hall–Kier alpha value is -2.65. The van der Waals surface area contributed by atoms with Crippen molar-refractivity contribution in [2.75, 3.05) is 26.2 Å². The molecule has 15 heteroatoms. The van der Waals surface area contributed by atoms with E-state index >= 15 is 0 Å². The summed E-state index contributed by atoms with van der Waals surface area (Å²) in [5.74, 6) is -2.17. The predicted octanol–water partition coefficient (Wildman–Crippen LogP) is 6.59. The fraction of sp³-hybridized carbons (Fsp3) is 0.714. The Morgan fingerprint density at radius 3 is 2.30 bits per heavy atom. The molecule has 2 aliphatic rings. The molecule has 3 amide bonds. The summed E-state index contributed by atoms with van der Waals surface area (Å²) in [6, 6.07) is 3.95. The van der Waals surface area contributed by atoms with Crippen LogP contribution in [0, 0.1) is 12.5 Å². The molecule has 0 saturated carbocycles. The number of ether oxygens (including phenoxy) is 2. The third kappa shape index (κ3) is 19.8. The van der Waals surface area contributed by atoms with Crippen LogP contribution >= 0.6 is 0 Å². The van der Waals surface area contributed by atoms with Gasteiger partial charge in [0.05, 0.1) is 11.6 Å². The van der Waals surface area contributed by atoms with Gasteiger partial charge in [-0.05, 0) is 63.6 Å². The van der Waals surface area contributed by atoms with Crippen LogP contribution in [0.25, 0.3) is 0 Å². The Labute approximate surface area is 365 Å². The second-order valence-corrected chi connectivity index (χ2v) is 15.3. The van der Waals surface area contributed by atoms with Gasteiger partial charge in [0, 0.05) is 19.5 Å². The molecule has 2 aliphatic heterocycles. The topological polar surface area (TPSA) is 190 Å². The van der Waals surface area contributed by atoms with Crippen LogP contribution < -0.4 is 10.6 Å². The molecule has 1 aromatic carbocycles. The molecule has 1 aromatic rings. The normalized spacial score (nSPS) is 17.8. The van der Waals surface area contributed by atoms with Gasteiger partial charge in [0.15, 0.2) is 6.04 Å². The number of rotatable bonds is 28. The van der Waals surface area contributed by atoms with E-state index in [4.69, 9.17) is 9.47 Å². The van der Waals surface area contributed by atoms with Gasteiger partial charge in [0.2, 0.25) is 17.7 Å². The van der Waals surface area contributed by atoms with Crippen LogP contribution in [0.2, 0.25) is 0 Å². The third-order valence-corrected chi connectivity index (χ3v) is 10.4. The summed E-state index contributed by atoms with van der Waals surface area (Å²) >= 11 is 0. The van der Waals surface area contributed by atoms with Gasteiger partial charge >= 0.3 is 32.7 Å². The van der Waals surface area contributed by atoms with Crippen molar-refractivity contribution >= 4 is 29.6 Å². The van der Waals surface area contributed by atoms with E-state index in [-0.39, 0.29) is 88.1 Å². The fourth-order valence-corrected chi connectivity index (χ4v) is 6.84. The molecule has 5 N–H and O–H groups in total. The van der Waals surface area contributed by atoms with Crippen LogP contribution in [0.4, 0.5) is 0 Å². The molecule has 14 nitrogen and oxygen atoms in total. The van der Waals surface area contributed by atoms with Crippen LogP contribution in [-0.2, 0) is 61.4 Å².